The predicted molar refractivity (Wildman–Crippen MR) is 83.5 cm³/mol. The Bertz CT molecular complexity index is 517. The number of amidine groups is 1. The molecule has 5 heteroatoms. The van der Waals surface area contributed by atoms with E-state index in [4.69, 9.17) is 10.9 Å². The lowest BCUT2D eigenvalue weighted by molar-refractivity contribution is -0.123. The normalized spacial score (nSPS) is 22.9. The molecule has 1 fully saturated rings. The van der Waals surface area contributed by atoms with E-state index >= 15 is 0 Å². The number of nitrogens with two attached hydrogens (primary N) is 1. The van der Waals surface area contributed by atoms with Crippen LogP contribution in [0.4, 0.5) is 5.69 Å². The highest BCUT2D eigenvalue weighted by atomic mass is 16.4. The molecule has 0 saturated heterocycles. The lowest BCUT2D eigenvalue weighted by Gasteiger charge is -2.29. The summed E-state index contributed by atoms with van der Waals surface area (Å²) in [6.07, 6.45) is 4.22. The van der Waals surface area contributed by atoms with Crippen molar-refractivity contribution in [2.45, 2.75) is 32.6 Å². The molecule has 0 unspecified atom stereocenters. The maximum absolute atomic E-state index is 12.5. The van der Waals surface area contributed by atoms with E-state index in [1.807, 2.05) is 12.1 Å². The number of amides is 1. The van der Waals surface area contributed by atoms with Crippen LogP contribution in [0.1, 0.15) is 38.2 Å². The minimum absolute atomic E-state index is 0.0665. The molecule has 2 rings (SSSR count). The van der Waals surface area contributed by atoms with Crippen molar-refractivity contribution in [3.8, 4) is 0 Å². The molecule has 114 valence electrons. The molecule has 0 atom stereocenters. The molecule has 1 aromatic rings. The Kier molecular flexibility index (Phi) is 4.83. The Morgan fingerprint density at radius 2 is 1.81 bits per heavy atom. The standard InChI is InChI=1S/C16H23N3O2/c1-11-3-5-13(6-4-11)16(20)19(2)14-9-7-12(8-10-14)15(17)18-21/h7-11,13,21H,3-6H2,1-2H3,(H2,17,18). The fraction of sp³-hybridized carbons (Fsp3) is 0.500. The van der Waals surface area contributed by atoms with Gasteiger partial charge >= 0.3 is 0 Å². The van der Waals surface area contributed by atoms with Crippen LogP contribution in [0.5, 0.6) is 0 Å². The van der Waals surface area contributed by atoms with Crippen LogP contribution < -0.4 is 10.6 Å². The average Bonchev–Trinajstić information content (AvgIpc) is 2.53. The van der Waals surface area contributed by atoms with E-state index in [9.17, 15) is 4.79 Å². The van der Waals surface area contributed by atoms with Gasteiger partial charge in [-0.25, -0.2) is 0 Å². The molecule has 0 bridgehead atoms. The topological polar surface area (TPSA) is 78.9 Å². The molecular weight excluding hydrogens is 266 g/mol. The lowest BCUT2D eigenvalue weighted by Crippen LogP contribution is -2.34. The summed E-state index contributed by atoms with van der Waals surface area (Å²) in [7, 11) is 1.80. The first-order chi connectivity index (χ1) is 10.0. The second-order valence-electron chi connectivity index (χ2n) is 5.89. The van der Waals surface area contributed by atoms with Gasteiger partial charge in [0.25, 0.3) is 0 Å². The highest BCUT2D eigenvalue weighted by Gasteiger charge is 2.27. The second kappa shape index (κ2) is 6.61. The molecule has 0 aliphatic heterocycles. The molecule has 0 spiro atoms. The molecule has 1 aromatic carbocycles. The molecule has 21 heavy (non-hydrogen) atoms. The van der Waals surface area contributed by atoms with E-state index in [2.05, 4.69) is 12.1 Å². The zero-order valence-electron chi connectivity index (χ0n) is 12.6. The van der Waals surface area contributed by atoms with Crippen molar-refractivity contribution in [1.82, 2.24) is 0 Å². The molecule has 1 aliphatic rings. The summed E-state index contributed by atoms with van der Waals surface area (Å²) in [6.45, 7) is 2.25. The highest BCUT2D eigenvalue weighted by molar-refractivity contribution is 5.98. The summed E-state index contributed by atoms with van der Waals surface area (Å²) in [6, 6.07) is 7.13. The van der Waals surface area contributed by atoms with Gasteiger partial charge in [0.15, 0.2) is 5.84 Å². The molecule has 5 nitrogen and oxygen atoms in total. The van der Waals surface area contributed by atoms with Crippen LogP contribution >= 0.6 is 0 Å². The average molecular weight is 289 g/mol. The van der Waals surface area contributed by atoms with E-state index in [1.165, 1.54) is 0 Å². The molecule has 1 amide bonds. The summed E-state index contributed by atoms with van der Waals surface area (Å²) in [5.74, 6) is 1.12. The van der Waals surface area contributed by atoms with Gasteiger partial charge < -0.3 is 15.8 Å². The zero-order chi connectivity index (χ0) is 15.4. The fourth-order valence-corrected chi connectivity index (χ4v) is 2.82. The molecule has 0 aromatic heterocycles. The molecule has 0 heterocycles. The van der Waals surface area contributed by atoms with Crippen LogP contribution in [0.2, 0.25) is 0 Å². The Labute approximate surface area is 125 Å². The van der Waals surface area contributed by atoms with E-state index in [1.54, 1.807) is 24.1 Å². The number of nitrogens with zero attached hydrogens (tertiary/aromatic N) is 2. The maximum Gasteiger partial charge on any atom is 0.229 e. The fourth-order valence-electron chi connectivity index (χ4n) is 2.82. The summed E-state index contributed by atoms with van der Waals surface area (Å²) in [4.78, 5) is 14.2. The Morgan fingerprint density at radius 1 is 1.24 bits per heavy atom. The van der Waals surface area contributed by atoms with Gasteiger partial charge in [-0.05, 0) is 55.9 Å². The van der Waals surface area contributed by atoms with Crippen LogP contribution in [-0.2, 0) is 4.79 Å². The van der Waals surface area contributed by atoms with E-state index in [0.29, 0.717) is 5.56 Å². The quantitative estimate of drug-likeness (QED) is 0.388. The van der Waals surface area contributed by atoms with E-state index in [-0.39, 0.29) is 17.7 Å². The first-order valence-corrected chi connectivity index (χ1v) is 7.38. The van der Waals surface area contributed by atoms with Gasteiger partial charge in [-0.2, -0.15) is 0 Å². The van der Waals surface area contributed by atoms with Gasteiger partial charge in [-0.3, -0.25) is 4.79 Å². The Balaban J connectivity index is 2.05. The Morgan fingerprint density at radius 3 is 2.33 bits per heavy atom. The van der Waals surface area contributed by atoms with Gasteiger partial charge in [-0.1, -0.05) is 12.1 Å². The summed E-state index contributed by atoms with van der Waals surface area (Å²) in [5, 5.41) is 11.6. The van der Waals surface area contributed by atoms with Crippen LogP contribution in [0.15, 0.2) is 29.4 Å². The van der Waals surface area contributed by atoms with Crippen molar-refractivity contribution in [1.29, 1.82) is 0 Å². The number of carbonyl (C=O) groups is 1. The predicted octanol–water partition coefficient (Wildman–Crippen LogP) is 2.57. The largest absolute Gasteiger partial charge is 0.409 e. The van der Waals surface area contributed by atoms with Crippen molar-refractivity contribution in [3.63, 3.8) is 0 Å². The third-order valence-electron chi connectivity index (χ3n) is 4.35. The van der Waals surface area contributed by atoms with Gasteiger partial charge in [-0.15, -0.1) is 0 Å². The van der Waals surface area contributed by atoms with Crippen molar-refractivity contribution >= 4 is 17.4 Å². The number of oxime groups is 1. The summed E-state index contributed by atoms with van der Waals surface area (Å²) < 4.78 is 0. The number of anilines is 1. The van der Waals surface area contributed by atoms with Crippen molar-refractivity contribution in [3.05, 3.63) is 29.8 Å². The van der Waals surface area contributed by atoms with Crippen LogP contribution in [0.25, 0.3) is 0 Å². The van der Waals surface area contributed by atoms with Crippen molar-refractivity contribution in [2.75, 3.05) is 11.9 Å². The zero-order valence-corrected chi connectivity index (χ0v) is 12.6. The smallest absolute Gasteiger partial charge is 0.229 e. The lowest BCUT2D eigenvalue weighted by atomic mass is 9.82. The molecule has 3 N–H and O–H groups in total. The van der Waals surface area contributed by atoms with Gasteiger partial charge in [0.2, 0.25) is 5.91 Å². The number of benzene rings is 1. The van der Waals surface area contributed by atoms with Crippen molar-refractivity contribution in [2.24, 2.45) is 22.7 Å². The summed E-state index contributed by atoms with van der Waals surface area (Å²) >= 11 is 0. The summed E-state index contributed by atoms with van der Waals surface area (Å²) in [5.41, 5.74) is 6.99. The SMILES string of the molecule is CC1CCC(C(=O)N(C)c2ccc(/C(N)=N/O)cc2)CC1. The molecule has 1 saturated carbocycles. The number of hydrogen-bond acceptors (Lipinski definition) is 3. The van der Waals surface area contributed by atoms with Gasteiger partial charge in [0.05, 0.1) is 0 Å². The first-order valence-electron chi connectivity index (χ1n) is 7.38. The Hall–Kier alpha value is -2.04. The monoisotopic (exact) mass is 289 g/mol. The molecular formula is C16H23N3O2. The number of carbonyl (C=O) groups excluding carboxylic acids is 1. The minimum Gasteiger partial charge on any atom is -0.409 e. The minimum atomic E-state index is 0.0665. The second-order valence-corrected chi connectivity index (χ2v) is 5.89. The van der Waals surface area contributed by atoms with Gasteiger partial charge in [0.1, 0.15) is 0 Å². The van der Waals surface area contributed by atoms with Crippen LogP contribution in [0.3, 0.4) is 0 Å². The van der Waals surface area contributed by atoms with Crippen LogP contribution in [0, 0.1) is 11.8 Å². The number of hydrogen-bond donors (Lipinski definition) is 2. The van der Waals surface area contributed by atoms with Crippen LogP contribution in [-0.4, -0.2) is 24.0 Å². The first kappa shape index (κ1) is 15.4. The molecule has 1 aliphatic carbocycles. The maximum atomic E-state index is 12.5. The molecule has 0 radical (unpaired) electrons. The number of rotatable bonds is 3. The van der Waals surface area contributed by atoms with E-state index in [0.717, 1.165) is 37.3 Å². The third kappa shape index (κ3) is 3.54. The van der Waals surface area contributed by atoms with Gasteiger partial charge in [0, 0.05) is 24.2 Å². The van der Waals surface area contributed by atoms with E-state index < -0.39 is 0 Å². The third-order valence-corrected chi connectivity index (χ3v) is 4.35. The highest BCUT2D eigenvalue weighted by Crippen LogP contribution is 2.30. The van der Waals surface area contributed by atoms with Crippen molar-refractivity contribution < 1.29 is 10.0 Å².